The molecule has 1 aliphatic carbocycles. The quantitative estimate of drug-likeness (QED) is 0.383. The maximum Gasteiger partial charge on any atom is 0.228 e. The van der Waals surface area contributed by atoms with Crippen molar-refractivity contribution in [1.29, 1.82) is 0 Å². The average Bonchev–Trinajstić information content (AvgIpc) is 3.27. The van der Waals surface area contributed by atoms with Crippen molar-refractivity contribution in [2.24, 2.45) is 5.73 Å². The minimum Gasteiger partial charge on any atom is -0.382 e. The monoisotopic (exact) mass is 455 g/mol. The van der Waals surface area contributed by atoms with Crippen LogP contribution in [0.1, 0.15) is 43.2 Å². The van der Waals surface area contributed by atoms with Crippen LogP contribution in [0.3, 0.4) is 0 Å². The SMILES string of the molecule is CCOC1(CCCCn2cnc3c(N)nc4ccccc4c32)C=Cc2ccccc2C1C(N)=O. The number of rotatable bonds is 8. The van der Waals surface area contributed by atoms with E-state index < -0.39 is 11.5 Å². The number of benzene rings is 2. The molecule has 0 aliphatic heterocycles. The normalized spacial score (nSPS) is 19.5. The number of ether oxygens (including phenoxy) is 1. The second-order valence-corrected chi connectivity index (χ2v) is 8.79. The number of carbonyl (C=O) groups excluding carboxylic acids is 1. The summed E-state index contributed by atoms with van der Waals surface area (Å²) in [6.07, 6.45) is 8.34. The number of primary amides is 1. The van der Waals surface area contributed by atoms with Gasteiger partial charge in [0.05, 0.1) is 23.3 Å². The van der Waals surface area contributed by atoms with Gasteiger partial charge >= 0.3 is 0 Å². The van der Waals surface area contributed by atoms with E-state index >= 15 is 0 Å². The summed E-state index contributed by atoms with van der Waals surface area (Å²) in [5.41, 5.74) is 15.9. The Morgan fingerprint density at radius 3 is 2.76 bits per heavy atom. The molecule has 0 saturated carbocycles. The number of nitrogens with two attached hydrogens (primary N) is 2. The lowest BCUT2D eigenvalue weighted by Gasteiger charge is -2.40. The number of nitrogens with zero attached hydrogens (tertiary/aromatic N) is 3. The Morgan fingerprint density at radius 1 is 1.15 bits per heavy atom. The van der Waals surface area contributed by atoms with E-state index in [-0.39, 0.29) is 5.91 Å². The largest absolute Gasteiger partial charge is 0.382 e. The van der Waals surface area contributed by atoms with Gasteiger partial charge in [-0.05, 0) is 43.4 Å². The Kier molecular flexibility index (Phi) is 5.79. The van der Waals surface area contributed by atoms with Crippen LogP contribution in [0.5, 0.6) is 0 Å². The number of para-hydroxylation sites is 1. The zero-order valence-electron chi connectivity index (χ0n) is 19.3. The smallest absolute Gasteiger partial charge is 0.228 e. The van der Waals surface area contributed by atoms with Gasteiger partial charge < -0.3 is 20.8 Å². The van der Waals surface area contributed by atoms with E-state index in [0.29, 0.717) is 18.8 Å². The summed E-state index contributed by atoms with van der Waals surface area (Å²) in [5.74, 6) is -0.434. The molecule has 4 aromatic rings. The fourth-order valence-electron chi connectivity index (χ4n) is 5.27. The van der Waals surface area contributed by atoms with Crippen LogP contribution >= 0.6 is 0 Å². The molecular formula is C27H29N5O2. The fourth-order valence-corrected chi connectivity index (χ4v) is 5.27. The third-order valence-corrected chi connectivity index (χ3v) is 6.74. The number of aromatic nitrogens is 3. The van der Waals surface area contributed by atoms with E-state index in [1.807, 2.05) is 67.9 Å². The number of nitrogen functional groups attached to an aromatic ring is 1. The van der Waals surface area contributed by atoms with Gasteiger partial charge in [0.2, 0.25) is 5.91 Å². The maximum absolute atomic E-state index is 12.6. The van der Waals surface area contributed by atoms with Gasteiger partial charge in [-0.15, -0.1) is 0 Å². The van der Waals surface area contributed by atoms with Gasteiger partial charge in [0.1, 0.15) is 11.1 Å². The van der Waals surface area contributed by atoms with Crippen LogP contribution in [0.15, 0.2) is 60.9 Å². The third-order valence-electron chi connectivity index (χ3n) is 6.74. The van der Waals surface area contributed by atoms with Gasteiger partial charge in [0, 0.05) is 18.5 Å². The first-order valence-electron chi connectivity index (χ1n) is 11.7. The molecule has 0 radical (unpaired) electrons. The van der Waals surface area contributed by atoms with Crippen LogP contribution in [0.2, 0.25) is 0 Å². The zero-order valence-corrected chi connectivity index (χ0v) is 19.3. The second-order valence-electron chi connectivity index (χ2n) is 8.79. The molecule has 7 nitrogen and oxygen atoms in total. The standard InChI is InChI=1S/C27H29N5O2/c1-2-34-27(15-13-18-9-3-4-10-19(18)22(27)26(29)33)14-7-8-16-32-17-30-23-24(32)20-11-5-6-12-21(20)31-25(23)28/h3-6,9-13,15,17,22H,2,7-8,14,16H2,1H3,(H2,28,31)(H2,29,33). The second kappa shape index (κ2) is 8.91. The predicted octanol–water partition coefficient (Wildman–Crippen LogP) is 4.41. The van der Waals surface area contributed by atoms with Crippen molar-refractivity contribution in [2.45, 2.75) is 44.2 Å². The van der Waals surface area contributed by atoms with Crippen molar-refractivity contribution in [3.8, 4) is 0 Å². The molecule has 7 heteroatoms. The number of unbranched alkanes of at least 4 members (excludes halogenated alkanes) is 1. The molecule has 0 fully saturated rings. The summed E-state index contributed by atoms with van der Waals surface area (Å²) in [6.45, 7) is 3.23. The highest BCUT2D eigenvalue weighted by atomic mass is 16.5. The lowest BCUT2D eigenvalue weighted by Crippen LogP contribution is -2.46. The van der Waals surface area contributed by atoms with Gasteiger partial charge in [-0.1, -0.05) is 54.6 Å². The molecule has 34 heavy (non-hydrogen) atoms. The van der Waals surface area contributed by atoms with Crippen molar-refractivity contribution in [3.05, 3.63) is 72.1 Å². The first kappa shape index (κ1) is 22.1. The molecule has 5 rings (SSSR count). The minimum absolute atomic E-state index is 0.361. The number of pyridine rings is 1. The first-order valence-corrected chi connectivity index (χ1v) is 11.7. The molecule has 0 bridgehead atoms. The summed E-state index contributed by atoms with van der Waals surface area (Å²) in [6, 6.07) is 15.9. The topological polar surface area (TPSA) is 109 Å². The van der Waals surface area contributed by atoms with Gasteiger partial charge in [0.15, 0.2) is 5.82 Å². The molecule has 2 unspecified atom stereocenters. The van der Waals surface area contributed by atoms with Crippen molar-refractivity contribution in [2.75, 3.05) is 12.3 Å². The summed E-state index contributed by atoms with van der Waals surface area (Å²) in [5, 5.41) is 1.04. The van der Waals surface area contributed by atoms with Crippen LogP contribution in [-0.4, -0.2) is 32.7 Å². The summed E-state index contributed by atoms with van der Waals surface area (Å²) in [4.78, 5) is 21.6. The van der Waals surface area contributed by atoms with Crippen molar-refractivity contribution < 1.29 is 9.53 Å². The van der Waals surface area contributed by atoms with E-state index in [1.165, 1.54) is 0 Å². The Bertz CT molecular complexity index is 1390. The van der Waals surface area contributed by atoms with E-state index in [1.54, 1.807) is 0 Å². The van der Waals surface area contributed by atoms with E-state index in [4.69, 9.17) is 16.2 Å². The maximum atomic E-state index is 12.6. The van der Waals surface area contributed by atoms with Crippen LogP contribution in [0.4, 0.5) is 5.82 Å². The van der Waals surface area contributed by atoms with Crippen LogP contribution < -0.4 is 11.5 Å². The van der Waals surface area contributed by atoms with Crippen LogP contribution in [0.25, 0.3) is 28.0 Å². The molecule has 1 aliphatic rings. The van der Waals surface area contributed by atoms with Gasteiger partial charge in [0.25, 0.3) is 0 Å². The van der Waals surface area contributed by atoms with Crippen molar-refractivity contribution >= 4 is 39.7 Å². The highest BCUT2D eigenvalue weighted by Crippen LogP contribution is 2.42. The number of anilines is 1. The number of amides is 1. The number of carbonyl (C=O) groups is 1. The number of hydrogen-bond acceptors (Lipinski definition) is 5. The fraction of sp³-hybridized carbons (Fsp3) is 0.296. The van der Waals surface area contributed by atoms with Gasteiger partial charge in [-0.25, -0.2) is 9.97 Å². The lowest BCUT2D eigenvalue weighted by atomic mass is 9.73. The van der Waals surface area contributed by atoms with E-state index in [9.17, 15) is 4.79 Å². The molecule has 2 atom stereocenters. The molecule has 0 saturated heterocycles. The van der Waals surface area contributed by atoms with E-state index in [2.05, 4.69) is 20.6 Å². The average molecular weight is 456 g/mol. The highest BCUT2D eigenvalue weighted by Gasteiger charge is 2.44. The van der Waals surface area contributed by atoms with Gasteiger partial charge in [-0.2, -0.15) is 0 Å². The first-order chi connectivity index (χ1) is 16.5. The molecule has 2 aromatic carbocycles. The molecule has 1 amide bonds. The number of fused-ring (bicyclic) bond motifs is 4. The number of imidazole rings is 1. The minimum atomic E-state index is -0.743. The highest BCUT2D eigenvalue weighted by molar-refractivity contribution is 6.06. The summed E-state index contributed by atoms with van der Waals surface area (Å²) >= 11 is 0. The number of hydrogen-bond donors (Lipinski definition) is 2. The van der Waals surface area contributed by atoms with Crippen LogP contribution in [0, 0.1) is 0 Å². The molecule has 2 aromatic heterocycles. The predicted molar refractivity (Wildman–Crippen MR) is 135 cm³/mol. The molecule has 174 valence electrons. The Hall–Kier alpha value is -3.71. The lowest BCUT2D eigenvalue weighted by molar-refractivity contribution is -0.127. The van der Waals surface area contributed by atoms with Gasteiger partial charge in [-0.3, -0.25) is 4.79 Å². The van der Waals surface area contributed by atoms with Crippen molar-refractivity contribution in [3.63, 3.8) is 0 Å². The Labute approximate surface area is 198 Å². The number of aryl methyl sites for hydroxylation is 1. The summed E-state index contributed by atoms with van der Waals surface area (Å²) < 4.78 is 8.39. The van der Waals surface area contributed by atoms with E-state index in [0.717, 1.165) is 52.4 Å². The summed E-state index contributed by atoms with van der Waals surface area (Å²) in [7, 11) is 0. The Morgan fingerprint density at radius 2 is 1.94 bits per heavy atom. The molecule has 4 N–H and O–H groups in total. The molecule has 2 heterocycles. The molecule has 0 spiro atoms. The van der Waals surface area contributed by atoms with Crippen molar-refractivity contribution in [1.82, 2.24) is 14.5 Å². The molecular weight excluding hydrogens is 426 g/mol. The Balaban J connectivity index is 1.38. The zero-order chi connectivity index (χ0) is 23.7. The van der Waals surface area contributed by atoms with Crippen LogP contribution in [-0.2, 0) is 16.1 Å². The third kappa shape index (κ3) is 3.72.